The fourth-order valence-corrected chi connectivity index (χ4v) is 4.60. The third-order valence-corrected chi connectivity index (χ3v) is 6.77. The molecular weight excluding hydrogens is 561 g/mol. The van der Waals surface area contributed by atoms with E-state index in [0.29, 0.717) is 23.1 Å². The van der Waals surface area contributed by atoms with Crippen LogP contribution in [0, 0.1) is 0 Å². The summed E-state index contributed by atoms with van der Waals surface area (Å²) in [5.41, 5.74) is 4.22. The zero-order valence-corrected chi connectivity index (χ0v) is 24.3. The lowest BCUT2D eigenvalue weighted by Crippen LogP contribution is -2.50. The minimum Gasteiger partial charge on any atom is -0.493 e. The summed E-state index contributed by atoms with van der Waals surface area (Å²) in [5.74, 6) is 0.0138. The van der Waals surface area contributed by atoms with E-state index in [4.69, 9.17) is 32.7 Å². The standard InChI is InChI=1S/C32H31Cl2N3O4/c1-3-17-40-29-15-13-23-11-7-8-12-25(23)26(29)20-35-37-32(39)28(18-22-9-5-4-6-10-22)36-31(38)21(2)41-30-16-14-24(33)19-27(30)34/h4-16,19-21,28H,3,17-18H2,1-2H3,(H,36,38)(H,37,39)/b35-20-/t21-,28-/m1/s1. The van der Waals surface area contributed by atoms with E-state index in [0.717, 1.165) is 28.3 Å². The van der Waals surface area contributed by atoms with Crippen molar-refractivity contribution in [1.29, 1.82) is 0 Å². The summed E-state index contributed by atoms with van der Waals surface area (Å²) in [4.78, 5) is 26.4. The van der Waals surface area contributed by atoms with E-state index >= 15 is 0 Å². The molecule has 2 N–H and O–H groups in total. The highest BCUT2D eigenvalue weighted by atomic mass is 35.5. The average molecular weight is 593 g/mol. The minimum absolute atomic E-state index is 0.251. The summed E-state index contributed by atoms with van der Waals surface area (Å²) in [6, 6.07) is 25.0. The summed E-state index contributed by atoms with van der Waals surface area (Å²) in [5, 5.41) is 9.73. The van der Waals surface area contributed by atoms with Crippen molar-refractivity contribution >= 4 is 52.0 Å². The molecule has 0 radical (unpaired) electrons. The Morgan fingerprint density at radius 1 is 0.927 bits per heavy atom. The maximum absolute atomic E-state index is 13.3. The molecule has 0 aliphatic carbocycles. The SMILES string of the molecule is CCCOc1ccc2ccccc2c1/C=N\NC(=O)[C@@H](Cc1ccccc1)NC(=O)[C@@H](C)Oc1ccc(Cl)cc1Cl. The number of halogens is 2. The molecule has 41 heavy (non-hydrogen) atoms. The van der Waals surface area contributed by atoms with E-state index in [9.17, 15) is 9.59 Å². The second-order valence-electron chi connectivity index (χ2n) is 9.37. The molecule has 0 heterocycles. The summed E-state index contributed by atoms with van der Waals surface area (Å²) < 4.78 is 11.7. The molecule has 0 aliphatic heterocycles. The van der Waals surface area contributed by atoms with Crippen LogP contribution < -0.4 is 20.2 Å². The topological polar surface area (TPSA) is 89.0 Å². The van der Waals surface area contributed by atoms with E-state index in [1.165, 1.54) is 6.07 Å². The lowest BCUT2D eigenvalue weighted by Gasteiger charge is -2.21. The normalized spacial score (nSPS) is 12.6. The minimum atomic E-state index is -0.933. The van der Waals surface area contributed by atoms with Gasteiger partial charge in [-0.25, -0.2) is 5.43 Å². The molecule has 7 nitrogen and oxygen atoms in total. The Balaban J connectivity index is 1.51. The van der Waals surface area contributed by atoms with Gasteiger partial charge in [0.15, 0.2) is 6.10 Å². The van der Waals surface area contributed by atoms with Crippen molar-refractivity contribution in [3.8, 4) is 11.5 Å². The van der Waals surface area contributed by atoms with Crippen LogP contribution in [0.4, 0.5) is 0 Å². The molecule has 0 saturated heterocycles. The van der Waals surface area contributed by atoms with Crippen LogP contribution in [0.15, 0.2) is 90.0 Å². The number of amides is 2. The molecular formula is C32H31Cl2N3O4. The summed E-state index contributed by atoms with van der Waals surface area (Å²) >= 11 is 12.1. The number of rotatable bonds is 12. The number of nitrogens with zero attached hydrogens (tertiary/aromatic N) is 1. The van der Waals surface area contributed by atoms with Crippen LogP contribution in [0.3, 0.4) is 0 Å². The van der Waals surface area contributed by atoms with Gasteiger partial charge in [0, 0.05) is 17.0 Å². The first-order valence-electron chi connectivity index (χ1n) is 13.3. The van der Waals surface area contributed by atoms with Crippen molar-refractivity contribution in [2.45, 2.75) is 38.8 Å². The smallest absolute Gasteiger partial charge is 0.262 e. The van der Waals surface area contributed by atoms with Crippen LogP contribution in [0.5, 0.6) is 11.5 Å². The molecule has 4 aromatic carbocycles. The number of carbonyl (C=O) groups excluding carboxylic acids is 2. The molecule has 0 fully saturated rings. The number of ether oxygens (including phenoxy) is 2. The van der Waals surface area contributed by atoms with Crippen LogP contribution in [-0.2, 0) is 16.0 Å². The summed E-state index contributed by atoms with van der Waals surface area (Å²) in [6.07, 6.45) is 1.74. The highest BCUT2D eigenvalue weighted by Gasteiger charge is 2.25. The molecule has 0 spiro atoms. The molecule has 0 aliphatic rings. The first kappa shape index (κ1) is 29.9. The highest BCUT2D eigenvalue weighted by molar-refractivity contribution is 6.35. The predicted molar refractivity (Wildman–Crippen MR) is 164 cm³/mol. The number of carbonyl (C=O) groups is 2. The fourth-order valence-electron chi connectivity index (χ4n) is 4.15. The van der Waals surface area contributed by atoms with Gasteiger partial charge in [-0.3, -0.25) is 9.59 Å². The fraction of sp³-hybridized carbons (Fsp3) is 0.219. The summed E-state index contributed by atoms with van der Waals surface area (Å²) in [6.45, 7) is 4.17. The Morgan fingerprint density at radius 2 is 1.66 bits per heavy atom. The van der Waals surface area contributed by atoms with Crippen molar-refractivity contribution < 1.29 is 19.1 Å². The molecule has 212 valence electrons. The Hall–Kier alpha value is -4.07. The predicted octanol–water partition coefficient (Wildman–Crippen LogP) is 6.58. The Kier molecular flexibility index (Phi) is 10.6. The van der Waals surface area contributed by atoms with Gasteiger partial charge >= 0.3 is 0 Å². The Labute approximate surface area is 249 Å². The Bertz CT molecular complexity index is 1530. The quantitative estimate of drug-likeness (QED) is 0.144. The van der Waals surface area contributed by atoms with Crippen molar-refractivity contribution in [1.82, 2.24) is 10.7 Å². The van der Waals surface area contributed by atoms with Gasteiger partial charge in [-0.05, 0) is 53.9 Å². The molecule has 9 heteroatoms. The third kappa shape index (κ3) is 8.22. The van der Waals surface area contributed by atoms with Gasteiger partial charge in [0.1, 0.15) is 17.5 Å². The van der Waals surface area contributed by atoms with E-state index in [1.54, 1.807) is 25.3 Å². The lowest BCUT2D eigenvalue weighted by molar-refractivity contribution is -0.132. The van der Waals surface area contributed by atoms with Crippen molar-refractivity contribution in [2.24, 2.45) is 5.10 Å². The molecule has 0 aromatic heterocycles. The van der Waals surface area contributed by atoms with E-state index in [1.807, 2.05) is 73.7 Å². The van der Waals surface area contributed by atoms with Gasteiger partial charge in [0.05, 0.1) is 17.8 Å². The molecule has 0 bridgehead atoms. The van der Waals surface area contributed by atoms with Crippen LogP contribution in [-0.4, -0.2) is 36.8 Å². The zero-order valence-electron chi connectivity index (χ0n) is 22.8. The molecule has 0 saturated carbocycles. The highest BCUT2D eigenvalue weighted by Crippen LogP contribution is 2.29. The Morgan fingerprint density at radius 3 is 2.41 bits per heavy atom. The number of hydrogen-bond acceptors (Lipinski definition) is 5. The zero-order chi connectivity index (χ0) is 29.2. The van der Waals surface area contributed by atoms with Gasteiger partial charge in [-0.1, -0.05) is 90.8 Å². The van der Waals surface area contributed by atoms with Crippen LogP contribution >= 0.6 is 23.2 Å². The van der Waals surface area contributed by atoms with Gasteiger partial charge in [-0.2, -0.15) is 5.10 Å². The number of nitrogens with one attached hydrogen (secondary N) is 2. The van der Waals surface area contributed by atoms with Gasteiger partial charge in [-0.15, -0.1) is 0 Å². The van der Waals surface area contributed by atoms with Crippen LogP contribution in [0.25, 0.3) is 10.8 Å². The number of benzene rings is 4. The number of fused-ring (bicyclic) bond motifs is 1. The molecule has 2 amide bonds. The molecule has 0 unspecified atom stereocenters. The second kappa shape index (κ2) is 14.5. The molecule has 2 atom stereocenters. The second-order valence-corrected chi connectivity index (χ2v) is 10.2. The monoisotopic (exact) mass is 591 g/mol. The van der Waals surface area contributed by atoms with E-state index < -0.39 is 24.0 Å². The van der Waals surface area contributed by atoms with E-state index in [-0.39, 0.29) is 11.4 Å². The van der Waals surface area contributed by atoms with Gasteiger partial charge < -0.3 is 14.8 Å². The maximum Gasteiger partial charge on any atom is 0.262 e. The van der Waals surface area contributed by atoms with Crippen molar-refractivity contribution in [2.75, 3.05) is 6.61 Å². The number of hydrogen-bond donors (Lipinski definition) is 2. The van der Waals surface area contributed by atoms with Crippen molar-refractivity contribution in [3.05, 3.63) is 106 Å². The van der Waals surface area contributed by atoms with Crippen LogP contribution in [0.1, 0.15) is 31.4 Å². The average Bonchev–Trinajstić information content (AvgIpc) is 2.98. The maximum atomic E-state index is 13.3. The molecule has 4 rings (SSSR count). The summed E-state index contributed by atoms with van der Waals surface area (Å²) in [7, 11) is 0. The molecule has 4 aromatic rings. The first-order valence-corrected chi connectivity index (χ1v) is 14.0. The first-order chi connectivity index (χ1) is 19.9. The number of hydrazone groups is 1. The lowest BCUT2D eigenvalue weighted by atomic mass is 10.0. The third-order valence-electron chi connectivity index (χ3n) is 6.24. The van der Waals surface area contributed by atoms with E-state index in [2.05, 4.69) is 15.8 Å². The van der Waals surface area contributed by atoms with Crippen LogP contribution in [0.2, 0.25) is 10.0 Å². The van der Waals surface area contributed by atoms with Gasteiger partial charge in [0.2, 0.25) is 0 Å². The van der Waals surface area contributed by atoms with Crippen molar-refractivity contribution in [3.63, 3.8) is 0 Å². The van der Waals surface area contributed by atoms with Gasteiger partial charge in [0.25, 0.3) is 11.8 Å². The largest absolute Gasteiger partial charge is 0.493 e.